The van der Waals surface area contributed by atoms with Crippen molar-refractivity contribution in [2.24, 2.45) is 0 Å². The van der Waals surface area contributed by atoms with Gasteiger partial charge >= 0.3 is 0 Å². The number of carbonyl (C=O) groups excluding carboxylic acids is 1. The van der Waals surface area contributed by atoms with Gasteiger partial charge in [0.1, 0.15) is 5.76 Å². The lowest BCUT2D eigenvalue weighted by Crippen LogP contribution is -1.89. The maximum atomic E-state index is 12.3. The number of carbonyl (C=O) groups is 1. The Morgan fingerprint density at radius 3 is 2.12 bits per heavy atom. The van der Waals surface area contributed by atoms with Crippen molar-refractivity contribution in [3.8, 4) is 0 Å². The highest BCUT2D eigenvalue weighted by Crippen LogP contribution is 2.09. The number of hydrogen-bond acceptors (Lipinski definition) is 2. The first-order valence-corrected chi connectivity index (χ1v) is 8.09. The van der Waals surface area contributed by atoms with E-state index in [1.54, 1.807) is 12.2 Å². The van der Waals surface area contributed by atoms with Crippen LogP contribution in [-0.4, -0.2) is 17.6 Å². The molecule has 2 aromatic rings. The highest BCUT2D eigenvalue weighted by Gasteiger charge is 1.96. The van der Waals surface area contributed by atoms with Crippen LogP contribution in [0.2, 0.25) is 0 Å². The lowest BCUT2D eigenvalue weighted by molar-refractivity contribution is -0.110. The Labute approximate surface area is 147 Å². The molecule has 1 N–H and O–H groups in total. The summed E-state index contributed by atoms with van der Waals surface area (Å²) in [6.07, 6.45) is 7.85. The van der Waals surface area contributed by atoms with Crippen LogP contribution < -0.4 is 0 Å². The van der Waals surface area contributed by atoms with Crippen LogP contribution in [0, 0.1) is 6.92 Å². The first kappa shape index (κ1) is 18.4. The number of rotatable bonds is 7. The lowest BCUT2D eigenvalue weighted by atomic mass is 10.1. The molecule has 0 aliphatic heterocycles. The lowest BCUT2D eigenvalue weighted by Gasteiger charge is -1.98. The van der Waals surface area contributed by atoms with E-state index in [1.165, 1.54) is 18.2 Å². The molecule has 0 aliphatic rings. The Hall–Kier alpha value is -2.94. The first-order chi connectivity index (χ1) is 12.1. The van der Waals surface area contributed by atoms with E-state index in [2.05, 4.69) is 0 Å². The standard InChI is InChI=1S/C22H21FO2/c1-17-2-4-18(5-3-17)10-12-21(24)16-22(25)13-11-19-6-8-20(9-7-19)14-15-23/h2-13,16,25H,14-15H2,1H3/b12-10+,13-11+,22-16-/i23-1. The largest absolute Gasteiger partial charge is 0.508 e. The van der Waals surface area contributed by atoms with Crippen molar-refractivity contribution in [3.63, 3.8) is 0 Å². The van der Waals surface area contributed by atoms with Crippen LogP contribution in [0.1, 0.15) is 22.3 Å². The van der Waals surface area contributed by atoms with E-state index in [1.807, 2.05) is 55.5 Å². The third kappa shape index (κ3) is 6.60. The topological polar surface area (TPSA) is 37.3 Å². The molecule has 2 aromatic carbocycles. The van der Waals surface area contributed by atoms with Gasteiger partial charge in [0.15, 0.2) is 5.78 Å². The van der Waals surface area contributed by atoms with Crippen molar-refractivity contribution in [1.29, 1.82) is 0 Å². The van der Waals surface area contributed by atoms with Gasteiger partial charge in [0.2, 0.25) is 0 Å². The van der Waals surface area contributed by atoms with Crippen LogP contribution >= 0.6 is 0 Å². The number of halogens is 1. The number of ketones is 1. The summed E-state index contributed by atoms with van der Waals surface area (Å²) in [6.45, 7) is 1.62. The van der Waals surface area contributed by atoms with E-state index >= 15 is 0 Å². The average Bonchev–Trinajstić information content (AvgIpc) is 2.61. The van der Waals surface area contributed by atoms with E-state index in [-0.39, 0.29) is 18.2 Å². The summed E-state index contributed by atoms with van der Waals surface area (Å²) in [4.78, 5) is 11.8. The highest BCUT2D eigenvalue weighted by molar-refractivity contribution is 6.02. The fourth-order valence-electron chi connectivity index (χ4n) is 2.18. The van der Waals surface area contributed by atoms with Crippen molar-refractivity contribution < 1.29 is 14.3 Å². The molecular formula is C22H21FO2. The molecule has 25 heavy (non-hydrogen) atoms. The molecule has 0 atom stereocenters. The van der Waals surface area contributed by atoms with Crippen LogP contribution in [0.3, 0.4) is 0 Å². The van der Waals surface area contributed by atoms with E-state index in [0.717, 1.165) is 22.3 Å². The van der Waals surface area contributed by atoms with Gasteiger partial charge in [0.05, 0.1) is 6.67 Å². The summed E-state index contributed by atoms with van der Waals surface area (Å²) >= 11 is 0. The van der Waals surface area contributed by atoms with Gasteiger partial charge in [0, 0.05) is 12.5 Å². The molecule has 0 saturated heterocycles. The average molecular weight is 335 g/mol. The number of aryl methyl sites for hydroxylation is 2. The smallest absolute Gasteiger partial charge is 0.182 e. The number of hydrogen-bond donors (Lipinski definition) is 1. The van der Waals surface area contributed by atoms with Gasteiger partial charge in [-0.25, -0.2) is 0 Å². The zero-order valence-corrected chi connectivity index (χ0v) is 14.2. The summed E-state index contributed by atoms with van der Waals surface area (Å²) in [6, 6.07) is 15.2. The van der Waals surface area contributed by atoms with Gasteiger partial charge in [-0.15, -0.1) is 0 Å². The zero-order valence-electron chi connectivity index (χ0n) is 14.2. The Balaban J connectivity index is 1.95. The van der Waals surface area contributed by atoms with Crippen LogP contribution in [-0.2, 0) is 11.2 Å². The molecule has 128 valence electrons. The molecular weight excluding hydrogens is 314 g/mol. The molecule has 0 aliphatic carbocycles. The van der Waals surface area contributed by atoms with Crippen LogP contribution in [0.25, 0.3) is 12.2 Å². The summed E-state index contributed by atoms with van der Waals surface area (Å²) in [5, 5.41) is 9.82. The molecule has 0 bridgehead atoms. The van der Waals surface area contributed by atoms with Crippen molar-refractivity contribution in [3.05, 3.63) is 94.8 Å². The summed E-state index contributed by atoms with van der Waals surface area (Å²) in [5.41, 5.74) is 3.88. The summed E-state index contributed by atoms with van der Waals surface area (Å²) < 4.78 is 12.3. The molecule has 0 aromatic heterocycles. The van der Waals surface area contributed by atoms with E-state index < -0.39 is 0 Å². The van der Waals surface area contributed by atoms with Gasteiger partial charge in [-0.3, -0.25) is 9.18 Å². The van der Waals surface area contributed by atoms with Crippen LogP contribution in [0.4, 0.5) is 4.39 Å². The fourth-order valence-corrected chi connectivity index (χ4v) is 2.18. The normalized spacial score (nSPS) is 12.2. The fraction of sp³-hybridized carbons (Fsp3) is 0.136. The third-order valence-corrected chi connectivity index (χ3v) is 3.62. The number of aliphatic hydroxyl groups is 1. The Morgan fingerprint density at radius 2 is 1.52 bits per heavy atom. The quantitative estimate of drug-likeness (QED) is 0.426. The second-order valence-electron chi connectivity index (χ2n) is 5.73. The van der Waals surface area contributed by atoms with E-state index in [9.17, 15) is 14.3 Å². The van der Waals surface area contributed by atoms with Gasteiger partial charge in [-0.2, -0.15) is 0 Å². The predicted molar refractivity (Wildman–Crippen MR) is 101 cm³/mol. The predicted octanol–water partition coefficient (Wildman–Crippen LogP) is 5.24. The third-order valence-electron chi connectivity index (χ3n) is 3.62. The van der Waals surface area contributed by atoms with Crippen molar-refractivity contribution >= 4 is 17.9 Å². The highest BCUT2D eigenvalue weighted by atomic mass is 18.2. The Kier molecular flexibility index (Phi) is 6.90. The summed E-state index contributed by atoms with van der Waals surface area (Å²) in [7, 11) is 0. The monoisotopic (exact) mass is 335 g/mol. The second kappa shape index (κ2) is 9.38. The van der Waals surface area contributed by atoms with Crippen LogP contribution in [0.5, 0.6) is 0 Å². The molecule has 0 unspecified atom stereocenters. The molecule has 3 heteroatoms. The minimum absolute atomic E-state index is 0.119. The molecule has 0 spiro atoms. The molecule has 2 rings (SSSR count). The van der Waals surface area contributed by atoms with Gasteiger partial charge in [0.25, 0.3) is 0 Å². The zero-order chi connectivity index (χ0) is 18.1. The Bertz CT molecular complexity index is 782. The molecule has 0 fully saturated rings. The Morgan fingerprint density at radius 1 is 0.960 bits per heavy atom. The van der Waals surface area contributed by atoms with Crippen molar-refractivity contribution in [2.75, 3.05) is 6.67 Å². The van der Waals surface area contributed by atoms with E-state index in [4.69, 9.17) is 0 Å². The van der Waals surface area contributed by atoms with Crippen molar-refractivity contribution in [2.45, 2.75) is 13.3 Å². The molecule has 0 saturated carbocycles. The number of aliphatic hydroxyl groups excluding tert-OH is 1. The van der Waals surface area contributed by atoms with Crippen LogP contribution in [0.15, 0.2) is 72.5 Å². The SMILES string of the molecule is Cc1ccc(/C=C/C(=O)/C=C(O)/C=C/c2ccc(CC[18F])cc2)cc1. The minimum atomic E-state index is -0.378. The molecule has 0 radical (unpaired) electrons. The first-order valence-electron chi connectivity index (χ1n) is 8.09. The van der Waals surface area contributed by atoms with Gasteiger partial charge in [-0.1, -0.05) is 66.2 Å². The van der Waals surface area contributed by atoms with Crippen molar-refractivity contribution in [1.82, 2.24) is 0 Å². The number of allylic oxidation sites excluding steroid dienone is 3. The molecule has 0 amide bonds. The molecule has 0 heterocycles. The molecule has 2 nitrogen and oxygen atoms in total. The second-order valence-corrected chi connectivity index (χ2v) is 5.73. The number of benzene rings is 2. The maximum Gasteiger partial charge on any atom is 0.182 e. The summed E-state index contributed by atoms with van der Waals surface area (Å²) in [5.74, 6) is -0.410. The van der Waals surface area contributed by atoms with Gasteiger partial charge < -0.3 is 5.11 Å². The van der Waals surface area contributed by atoms with E-state index in [0.29, 0.717) is 6.42 Å². The number of alkyl halides is 1. The maximum absolute atomic E-state index is 12.3. The van der Waals surface area contributed by atoms with Gasteiger partial charge in [-0.05, 0) is 35.8 Å². The minimum Gasteiger partial charge on any atom is -0.508 e.